The fourth-order valence-electron chi connectivity index (χ4n) is 3.29. The summed E-state index contributed by atoms with van der Waals surface area (Å²) >= 11 is 0. The molecule has 2 aromatic carbocycles. The van der Waals surface area contributed by atoms with Gasteiger partial charge < -0.3 is 19.8 Å². The molecule has 1 aliphatic heterocycles. The lowest BCUT2D eigenvalue weighted by Gasteiger charge is -2.37. The van der Waals surface area contributed by atoms with Crippen LogP contribution < -0.4 is 4.74 Å². The number of phenolic OH excluding ortho intramolecular Hbond substituents is 1. The van der Waals surface area contributed by atoms with Gasteiger partial charge in [0.15, 0.2) is 0 Å². The van der Waals surface area contributed by atoms with Gasteiger partial charge in [-0.1, -0.05) is 18.2 Å². The molecule has 0 spiro atoms. The first-order valence-corrected chi connectivity index (χ1v) is 8.68. The lowest BCUT2D eigenvalue weighted by molar-refractivity contribution is -0.144. The molecule has 2 N–H and O–H groups in total. The number of benzene rings is 2. The fourth-order valence-corrected chi connectivity index (χ4v) is 3.29. The third-order valence-electron chi connectivity index (χ3n) is 4.73. The van der Waals surface area contributed by atoms with Crippen molar-refractivity contribution in [1.82, 2.24) is 9.80 Å². The van der Waals surface area contributed by atoms with Crippen LogP contribution in [-0.2, 0) is 4.79 Å². The Balaban J connectivity index is 1.68. The Morgan fingerprint density at radius 1 is 1.04 bits per heavy atom. The van der Waals surface area contributed by atoms with Crippen molar-refractivity contribution in [3.8, 4) is 11.5 Å². The predicted molar refractivity (Wildman–Crippen MR) is 99.0 cm³/mol. The van der Waals surface area contributed by atoms with E-state index in [1.165, 1.54) is 12.1 Å². The van der Waals surface area contributed by atoms with E-state index in [-0.39, 0.29) is 11.7 Å². The third-order valence-corrected chi connectivity index (χ3v) is 4.73. The topological polar surface area (TPSA) is 90.3 Å². The maximum atomic E-state index is 12.7. The summed E-state index contributed by atoms with van der Waals surface area (Å²) in [5, 5.41) is 19.1. The highest BCUT2D eigenvalue weighted by Gasteiger charge is 2.31. The van der Waals surface area contributed by atoms with Gasteiger partial charge in [-0.2, -0.15) is 0 Å². The predicted octanol–water partition coefficient (Wildman–Crippen LogP) is 1.98. The molecule has 1 saturated heterocycles. The highest BCUT2D eigenvalue weighted by molar-refractivity contribution is 5.94. The minimum absolute atomic E-state index is 0.0925. The van der Waals surface area contributed by atoms with Crippen LogP contribution in [0.2, 0.25) is 0 Å². The van der Waals surface area contributed by atoms with Crippen molar-refractivity contribution in [2.24, 2.45) is 0 Å². The Kier molecular flexibility index (Phi) is 5.61. The van der Waals surface area contributed by atoms with Crippen molar-refractivity contribution < 1.29 is 24.5 Å². The Morgan fingerprint density at radius 2 is 1.70 bits per heavy atom. The number of methoxy groups -OCH3 is 1. The second-order valence-corrected chi connectivity index (χ2v) is 6.39. The molecular formula is C20H22N2O5. The molecule has 1 amide bonds. The number of carboxylic acids is 1. The lowest BCUT2D eigenvalue weighted by atomic mass is 10.0. The van der Waals surface area contributed by atoms with Gasteiger partial charge in [0.25, 0.3) is 5.91 Å². The molecule has 1 aliphatic rings. The van der Waals surface area contributed by atoms with E-state index in [9.17, 15) is 19.8 Å². The highest BCUT2D eigenvalue weighted by Crippen LogP contribution is 2.25. The number of carbonyl (C=O) groups is 2. The van der Waals surface area contributed by atoms with E-state index < -0.39 is 12.0 Å². The minimum Gasteiger partial charge on any atom is -0.508 e. The van der Waals surface area contributed by atoms with E-state index >= 15 is 0 Å². The molecule has 1 atom stereocenters. The van der Waals surface area contributed by atoms with Crippen molar-refractivity contribution in [1.29, 1.82) is 0 Å². The van der Waals surface area contributed by atoms with Crippen LogP contribution in [0, 0.1) is 0 Å². The smallest absolute Gasteiger partial charge is 0.325 e. The number of aromatic hydroxyl groups is 1. The normalized spacial score (nSPS) is 16.0. The summed E-state index contributed by atoms with van der Waals surface area (Å²) in [5.41, 5.74) is 1.16. The molecule has 0 unspecified atom stereocenters. The maximum absolute atomic E-state index is 12.7. The summed E-state index contributed by atoms with van der Waals surface area (Å²) in [5.74, 6) is -0.326. The molecule has 7 nitrogen and oxygen atoms in total. The van der Waals surface area contributed by atoms with Gasteiger partial charge >= 0.3 is 5.97 Å². The van der Waals surface area contributed by atoms with Crippen molar-refractivity contribution in [3.05, 3.63) is 59.7 Å². The quantitative estimate of drug-likeness (QED) is 0.837. The number of hydrogen-bond acceptors (Lipinski definition) is 5. The number of ether oxygens (including phenoxy) is 1. The van der Waals surface area contributed by atoms with Crippen LogP contribution in [-0.4, -0.2) is 65.2 Å². The summed E-state index contributed by atoms with van der Waals surface area (Å²) in [7, 11) is 1.55. The molecular weight excluding hydrogens is 348 g/mol. The number of aliphatic carboxylic acids is 1. The van der Waals surface area contributed by atoms with Gasteiger partial charge in [0.2, 0.25) is 0 Å². The van der Waals surface area contributed by atoms with E-state index in [4.69, 9.17) is 4.74 Å². The molecule has 27 heavy (non-hydrogen) atoms. The van der Waals surface area contributed by atoms with Crippen molar-refractivity contribution in [3.63, 3.8) is 0 Å². The SMILES string of the molecule is COc1cccc(C(=O)N2CCN([C@@H](C(=O)O)c3ccc(O)cc3)CC2)c1. The zero-order chi connectivity index (χ0) is 19.4. The monoisotopic (exact) mass is 370 g/mol. The number of carbonyl (C=O) groups excluding carboxylic acids is 1. The van der Waals surface area contributed by atoms with Gasteiger partial charge in [-0.3, -0.25) is 14.5 Å². The van der Waals surface area contributed by atoms with Gasteiger partial charge in [-0.15, -0.1) is 0 Å². The molecule has 1 fully saturated rings. The first-order valence-electron chi connectivity index (χ1n) is 8.68. The van der Waals surface area contributed by atoms with E-state index in [0.29, 0.717) is 43.1 Å². The molecule has 0 radical (unpaired) electrons. The van der Waals surface area contributed by atoms with Gasteiger partial charge in [0.1, 0.15) is 17.5 Å². The molecule has 2 aromatic rings. The largest absolute Gasteiger partial charge is 0.508 e. The molecule has 142 valence electrons. The van der Waals surface area contributed by atoms with Gasteiger partial charge in [0.05, 0.1) is 7.11 Å². The summed E-state index contributed by atoms with van der Waals surface area (Å²) in [6, 6.07) is 12.4. The van der Waals surface area contributed by atoms with Crippen LogP contribution in [0.5, 0.6) is 11.5 Å². The van der Waals surface area contributed by atoms with Gasteiger partial charge in [0, 0.05) is 31.7 Å². The zero-order valence-corrected chi connectivity index (χ0v) is 15.0. The number of hydrogen-bond donors (Lipinski definition) is 2. The Hall–Kier alpha value is -3.06. The summed E-state index contributed by atoms with van der Waals surface area (Å²) in [6.45, 7) is 1.79. The fraction of sp³-hybridized carbons (Fsp3) is 0.300. The third kappa shape index (κ3) is 4.20. The molecule has 0 aromatic heterocycles. The van der Waals surface area contributed by atoms with Crippen LogP contribution in [0.4, 0.5) is 0 Å². The van der Waals surface area contributed by atoms with E-state index in [0.717, 1.165) is 0 Å². The summed E-state index contributed by atoms with van der Waals surface area (Å²) < 4.78 is 5.16. The average Bonchev–Trinajstić information content (AvgIpc) is 2.69. The van der Waals surface area contributed by atoms with Gasteiger partial charge in [-0.25, -0.2) is 0 Å². The summed E-state index contributed by atoms with van der Waals surface area (Å²) in [4.78, 5) is 28.0. The van der Waals surface area contributed by atoms with Crippen LogP contribution >= 0.6 is 0 Å². The van der Waals surface area contributed by atoms with Crippen molar-refractivity contribution >= 4 is 11.9 Å². The zero-order valence-electron chi connectivity index (χ0n) is 15.0. The molecule has 0 saturated carbocycles. The van der Waals surface area contributed by atoms with E-state index in [2.05, 4.69) is 0 Å². The molecule has 0 bridgehead atoms. The lowest BCUT2D eigenvalue weighted by Crippen LogP contribution is -2.51. The number of nitrogens with zero attached hydrogens (tertiary/aromatic N) is 2. The highest BCUT2D eigenvalue weighted by atomic mass is 16.5. The van der Waals surface area contributed by atoms with Crippen LogP contribution in [0.15, 0.2) is 48.5 Å². The second-order valence-electron chi connectivity index (χ2n) is 6.39. The van der Waals surface area contributed by atoms with Crippen LogP contribution in [0.3, 0.4) is 0 Å². The van der Waals surface area contributed by atoms with Crippen LogP contribution in [0.1, 0.15) is 22.0 Å². The Morgan fingerprint density at radius 3 is 2.30 bits per heavy atom. The second kappa shape index (κ2) is 8.09. The molecule has 1 heterocycles. The molecule has 3 rings (SSSR count). The van der Waals surface area contributed by atoms with Crippen molar-refractivity contribution in [2.75, 3.05) is 33.3 Å². The maximum Gasteiger partial charge on any atom is 0.325 e. The molecule has 7 heteroatoms. The number of rotatable bonds is 5. The molecule has 0 aliphatic carbocycles. The van der Waals surface area contributed by atoms with E-state index in [1.54, 1.807) is 48.4 Å². The standard InChI is InChI=1S/C20H22N2O5/c1-27-17-4-2-3-15(13-17)19(24)22-11-9-21(10-12-22)18(20(25)26)14-5-7-16(23)8-6-14/h2-8,13,18,23H,9-12H2,1H3,(H,25,26)/t18-/m1/s1. The number of carboxylic acid groups (broad SMARTS) is 1. The number of piperazine rings is 1. The van der Waals surface area contributed by atoms with E-state index in [1.807, 2.05) is 4.90 Å². The Labute approximate surface area is 157 Å². The van der Waals surface area contributed by atoms with Crippen LogP contribution in [0.25, 0.3) is 0 Å². The first-order chi connectivity index (χ1) is 13.0. The minimum atomic E-state index is -0.951. The number of amides is 1. The first kappa shape index (κ1) is 18.7. The average molecular weight is 370 g/mol. The number of phenols is 1. The summed E-state index contributed by atoms with van der Waals surface area (Å²) in [6.07, 6.45) is 0. The Bertz CT molecular complexity index is 813. The van der Waals surface area contributed by atoms with Crippen molar-refractivity contribution in [2.45, 2.75) is 6.04 Å². The van der Waals surface area contributed by atoms with Gasteiger partial charge in [-0.05, 0) is 35.9 Å².